The summed E-state index contributed by atoms with van der Waals surface area (Å²) < 4.78 is 5.80. The molecule has 1 amide bonds. The number of benzene rings is 1. The summed E-state index contributed by atoms with van der Waals surface area (Å²) in [5.41, 5.74) is 3.33. The summed E-state index contributed by atoms with van der Waals surface area (Å²) >= 11 is 0. The number of carbonyl (C=O) groups is 1. The molecule has 1 heterocycles. The van der Waals surface area contributed by atoms with E-state index >= 15 is 0 Å². The highest BCUT2D eigenvalue weighted by Crippen LogP contribution is 2.31. The molecule has 1 aromatic heterocycles. The SMILES string of the molecule is Cc1ccccc1OCCCN(C)C(=O)C1CCCc2[nH]ncc21. The molecule has 0 aliphatic heterocycles. The molecule has 24 heavy (non-hydrogen) atoms. The molecule has 0 saturated carbocycles. The Morgan fingerprint density at radius 3 is 3.08 bits per heavy atom. The molecule has 1 aromatic carbocycles. The van der Waals surface area contributed by atoms with Crippen molar-refractivity contribution >= 4 is 5.91 Å². The van der Waals surface area contributed by atoms with Crippen LogP contribution in [0, 0.1) is 6.92 Å². The predicted octanol–water partition coefficient (Wildman–Crippen LogP) is 3.07. The average Bonchev–Trinajstić information content (AvgIpc) is 3.08. The maximum Gasteiger partial charge on any atom is 0.229 e. The van der Waals surface area contributed by atoms with Crippen LogP contribution < -0.4 is 4.74 Å². The third kappa shape index (κ3) is 3.61. The maximum absolute atomic E-state index is 12.7. The van der Waals surface area contributed by atoms with Crippen molar-refractivity contribution in [1.29, 1.82) is 0 Å². The van der Waals surface area contributed by atoms with E-state index in [4.69, 9.17) is 4.74 Å². The second-order valence-corrected chi connectivity index (χ2v) is 6.48. The standard InChI is InChI=1S/C19H25N3O2/c1-14-7-3-4-10-18(14)24-12-6-11-22(2)19(23)15-8-5-9-17-16(15)13-20-21-17/h3-4,7,10,13,15H,5-6,8-9,11-12H2,1-2H3,(H,20,21). The zero-order valence-electron chi connectivity index (χ0n) is 14.4. The van der Waals surface area contributed by atoms with Gasteiger partial charge in [0.2, 0.25) is 5.91 Å². The average molecular weight is 327 g/mol. The van der Waals surface area contributed by atoms with Crippen LogP contribution in [-0.2, 0) is 11.2 Å². The number of hydrogen-bond acceptors (Lipinski definition) is 3. The molecule has 2 aromatic rings. The third-order valence-corrected chi connectivity index (χ3v) is 4.71. The summed E-state index contributed by atoms with van der Waals surface area (Å²) in [6, 6.07) is 8.00. The second kappa shape index (κ2) is 7.51. The topological polar surface area (TPSA) is 58.2 Å². The van der Waals surface area contributed by atoms with Crippen molar-refractivity contribution in [3.63, 3.8) is 0 Å². The molecule has 5 nitrogen and oxygen atoms in total. The fourth-order valence-electron chi connectivity index (χ4n) is 3.30. The molecule has 0 radical (unpaired) electrons. The molecule has 1 unspecified atom stereocenters. The number of nitrogens with zero attached hydrogens (tertiary/aromatic N) is 2. The van der Waals surface area contributed by atoms with E-state index in [2.05, 4.69) is 10.2 Å². The van der Waals surface area contributed by atoms with E-state index in [1.165, 1.54) is 0 Å². The van der Waals surface area contributed by atoms with Gasteiger partial charge in [-0.15, -0.1) is 0 Å². The van der Waals surface area contributed by atoms with E-state index in [-0.39, 0.29) is 11.8 Å². The molecule has 1 aliphatic rings. The summed E-state index contributed by atoms with van der Waals surface area (Å²) in [6.45, 7) is 3.36. The van der Waals surface area contributed by atoms with Gasteiger partial charge in [-0.05, 0) is 44.2 Å². The molecule has 0 spiro atoms. The zero-order valence-corrected chi connectivity index (χ0v) is 14.4. The lowest BCUT2D eigenvalue weighted by Crippen LogP contribution is -2.34. The molecule has 128 valence electrons. The van der Waals surface area contributed by atoms with Crippen molar-refractivity contribution in [2.75, 3.05) is 20.2 Å². The van der Waals surface area contributed by atoms with Crippen molar-refractivity contribution in [1.82, 2.24) is 15.1 Å². The van der Waals surface area contributed by atoms with Crippen LogP contribution in [0.4, 0.5) is 0 Å². The lowest BCUT2D eigenvalue weighted by molar-refractivity contribution is -0.132. The Kier molecular flexibility index (Phi) is 5.18. The molecule has 1 atom stereocenters. The molecule has 5 heteroatoms. The quantitative estimate of drug-likeness (QED) is 0.830. The summed E-state index contributed by atoms with van der Waals surface area (Å²) in [4.78, 5) is 14.5. The number of aromatic nitrogens is 2. The first kappa shape index (κ1) is 16.6. The van der Waals surface area contributed by atoms with Gasteiger partial charge in [0, 0.05) is 24.8 Å². The number of ether oxygens (including phenoxy) is 1. The summed E-state index contributed by atoms with van der Waals surface area (Å²) in [5, 5.41) is 7.11. The summed E-state index contributed by atoms with van der Waals surface area (Å²) in [7, 11) is 1.88. The molecule has 1 aliphatic carbocycles. The van der Waals surface area contributed by atoms with Crippen LogP contribution >= 0.6 is 0 Å². The minimum Gasteiger partial charge on any atom is -0.493 e. The van der Waals surface area contributed by atoms with Crippen LogP contribution in [0.1, 0.15) is 42.0 Å². The monoisotopic (exact) mass is 327 g/mol. The van der Waals surface area contributed by atoms with E-state index in [1.807, 2.05) is 49.3 Å². The fourth-order valence-corrected chi connectivity index (χ4v) is 3.30. The number of fused-ring (bicyclic) bond motifs is 1. The maximum atomic E-state index is 12.7. The first-order valence-corrected chi connectivity index (χ1v) is 8.62. The van der Waals surface area contributed by atoms with Gasteiger partial charge in [-0.2, -0.15) is 5.10 Å². The number of rotatable bonds is 6. The first-order valence-electron chi connectivity index (χ1n) is 8.62. The second-order valence-electron chi connectivity index (χ2n) is 6.48. The van der Waals surface area contributed by atoms with Crippen LogP contribution in [0.3, 0.4) is 0 Å². The van der Waals surface area contributed by atoms with E-state index in [0.29, 0.717) is 13.2 Å². The van der Waals surface area contributed by atoms with E-state index in [9.17, 15) is 4.79 Å². The van der Waals surface area contributed by atoms with E-state index < -0.39 is 0 Å². The molecule has 1 N–H and O–H groups in total. The van der Waals surface area contributed by atoms with Crippen LogP contribution in [0.15, 0.2) is 30.5 Å². The number of aryl methyl sites for hydroxylation is 2. The third-order valence-electron chi connectivity index (χ3n) is 4.71. The van der Waals surface area contributed by atoms with Crippen LogP contribution in [0.2, 0.25) is 0 Å². The van der Waals surface area contributed by atoms with E-state index in [0.717, 1.165) is 48.3 Å². The van der Waals surface area contributed by atoms with Gasteiger partial charge in [-0.25, -0.2) is 0 Å². The first-order chi connectivity index (χ1) is 11.7. The van der Waals surface area contributed by atoms with Crippen LogP contribution in [-0.4, -0.2) is 41.2 Å². The normalized spacial score (nSPS) is 16.5. The highest BCUT2D eigenvalue weighted by molar-refractivity contribution is 5.84. The predicted molar refractivity (Wildman–Crippen MR) is 93.2 cm³/mol. The van der Waals surface area contributed by atoms with Gasteiger partial charge in [-0.1, -0.05) is 18.2 Å². The molecular weight excluding hydrogens is 302 g/mol. The van der Waals surface area contributed by atoms with Gasteiger partial charge in [-0.3, -0.25) is 9.89 Å². The van der Waals surface area contributed by atoms with Crippen molar-refractivity contribution < 1.29 is 9.53 Å². The van der Waals surface area contributed by atoms with Crippen molar-refractivity contribution in [2.45, 2.75) is 38.5 Å². The number of amides is 1. The summed E-state index contributed by atoms with van der Waals surface area (Å²) in [6.07, 6.45) is 5.58. The molecular formula is C19H25N3O2. The Labute approximate surface area is 143 Å². The Morgan fingerprint density at radius 1 is 1.42 bits per heavy atom. The highest BCUT2D eigenvalue weighted by atomic mass is 16.5. The van der Waals surface area contributed by atoms with Gasteiger partial charge < -0.3 is 9.64 Å². The number of carbonyl (C=O) groups excluding carboxylic acids is 1. The Bertz CT molecular complexity index is 695. The minimum atomic E-state index is -0.0465. The number of aromatic amines is 1. The molecule has 0 saturated heterocycles. The molecule has 3 rings (SSSR count). The van der Waals surface area contributed by atoms with Gasteiger partial charge >= 0.3 is 0 Å². The van der Waals surface area contributed by atoms with Gasteiger partial charge in [0.25, 0.3) is 0 Å². The van der Waals surface area contributed by atoms with Crippen molar-refractivity contribution in [3.8, 4) is 5.75 Å². The molecule has 0 bridgehead atoms. The van der Waals surface area contributed by atoms with Gasteiger partial charge in [0.15, 0.2) is 0 Å². The Hall–Kier alpha value is -2.30. The van der Waals surface area contributed by atoms with Crippen LogP contribution in [0.25, 0.3) is 0 Å². The minimum absolute atomic E-state index is 0.0465. The number of likely N-dealkylation sites (N-methyl/N-ethyl adjacent to an activating group) is 1. The number of para-hydroxylation sites is 1. The smallest absolute Gasteiger partial charge is 0.229 e. The highest BCUT2D eigenvalue weighted by Gasteiger charge is 2.29. The molecule has 0 fully saturated rings. The van der Waals surface area contributed by atoms with Gasteiger partial charge in [0.1, 0.15) is 5.75 Å². The largest absolute Gasteiger partial charge is 0.493 e. The fraction of sp³-hybridized carbons (Fsp3) is 0.474. The number of nitrogens with one attached hydrogen (secondary N) is 1. The van der Waals surface area contributed by atoms with Gasteiger partial charge in [0.05, 0.1) is 18.7 Å². The Morgan fingerprint density at radius 2 is 2.25 bits per heavy atom. The number of hydrogen-bond donors (Lipinski definition) is 1. The lowest BCUT2D eigenvalue weighted by Gasteiger charge is -2.26. The summed E-state index contributed by atoms with van der Waals surface area (Å²) in [5.74, 6) is 1.06. The van der Waals surface area contributed by atoms with Crippen molar-refractivity contribution in [2.24, 2.45) is 0 Å². The van der Waals surface area contributed by atoms with Crippen molar-refractivity contribution in [3.05, 3.63) is 47.3 Å². The number of H-pyrrole nitrogens is 1. The lowest BCUT2D eigenvalue weighted by atomic mass is 9.86. The zero-order chi connectivity index (χ0) is 16.9. The van der Waals surface area contributed by atoms with E-state index in [1.54, 1.807) is 0 Å². The van der Waals surface area contributed by atoms with Crippen LogP contribution in [0.5, 0.6) is 5.75 Å². The Balaban J connectivity index is 1.48.